The largest absolute Gasteiger partial charge is 0.364 e. The standard InChI is InChI=1S/C12H15BrN2O3/c1-17-7-14-10-4-3-9(6-13)5-11(10)15(8-18-2)12(14)16/h3-5H,6-8H2,1-2H3. The quantitative estimate of drug-likeness (QED) is 0.792. The third kappa shape index (κ3) is 2.23. The number of aromatic nitrogens is 2. The Labute approximate surface area is 113 Å². The van der Waals surface area contributed by atoms with E-state index in [2.05, 4.69) is 15.9 Å². The number of hydrogen-bond donors (Lipinski definition) is 0. The summed E-state index contributed by atoms with van der Waals surface area (Å²) in [6, 6.07) is 5.90. The molecular formula is C12H15BrN2O3. The summed E-state index contributed by atoms with van der Waals surface area (Å²) in [6.45, 7) is 0.470. The van der Waals surface area contributed by atoms with Crippen LogP contribution in [0.4, 0.5) is 0 Å². The van der Waals surface area contributed by atoms with E-state index in [4.69, 9.17) is 9.47 Å². The van der Waals surface area contributed by atoms with E-state index in [1.165, 1.54) is 0 Å². The van der Waals surface area contributed by atoms with Crippen molar-refractivity contribution in [1.29, 1.82) is 0 Å². The van der Waals surface area contributed by atoms with E-state index in [0.717, 1.165) is 21.9 Å². The summed E-state index contributed by atoms with van der Waals surface area (Å²) in [6.07, 6.45) is 0. The van der Waals surface area contributed by atoms with Gasteiger partial charge in [0.05, 0.1) is 11.0 Å². The second-order valence-electron chi connectivity index (χ2n) is 3.93. The Balaban J connectivity index is 2.70. The number of nitrogens with zero attached hydrogens (tertiary/aromatic N) is 2. The first-order valence-electron chi connectivity index (χ1n) is 5.48. The summed E-state index contributed by atoms with van der Waals surface area (Å²) in [4.78, 5) is 12.2. The van der Waals surface area contributed by atoms with Crippen LogP contribution in [-0.4, -0.2) is 23.4 Å². The molecule has 0 atom stereocenters. The van der Waals surface area contributed by atoms with Crippen molar-refractivity contribution < 1.29 is 9.47 Å². The van der Waals surface area contributed by atoms with E-state index in [0.29, 0.717) is 0 Å². The highest BCUT2D eigenvalue weighted by Crippen LogP contribution is 2.17. The first-order valence-corrected chi connectivity index (χ1v) is 6.61. The second kappa shape index (κ2) is 5.69. The van der Waals surface area contributed by atoms with Crippen LogP contribution in [0.1, 0.15) is 5.56 Å². The van der Waals surface area contributed by atoms with Gasteiger partial charge < -0.3 is 9.47 Å². The topological polar surface area (TPSA) is 45.4 Å². The molecule has 0 bridgehead atoms. The molecule has 1 heterocycles. The maximum Gasteiger partial charge on any atom is 0.332 e. The first-order chi connectivity index (χ1) is 8.72. The Morgan fingerprint density at radius 3 is 2.28 bits per heavy atom. The van der Waals surface area contributed by atoms with Gasteiger partial charge in [-0.15, -0.1) is 0 Å². The highest BCUT2D eigenvalue weighted by Gasteiger charge is 2.12. The van der Waals surface area contributed by atoms with Gasteiger partial charge in [-0.25, -0.2) is 4.79 Å². The van der Waals surface area contributed by atoms with Crippen molar-refractivity contribution in [2.45, 2.75) is 18.8 Å². The number of methoxy groups -OCH3 is 2. The molecular weight excluding hydrogens is 300 g/mol. The minimum Gasteiger partial charge on any atom is -0.364 e. The van der Waals surface area contributed by atoms with Crippen LogP contribution in [-0.2, 0) is 28.3 Å². The number of fused-ring (bicyclic) bond motifs is 1. The van der Waals surface area contributed by atoms with Crippen LogP contribution < -0.4 is 5.69 Å². The molecule has 0 aliphatic heterocycles. The summed E-state index contributed by atoms with van der Waals surface area (Å²) >= 11 is 3.41. The van der Waals surface area contributed by atoms with E-state index >= 15 is 0 Å². The average Bonchev–Trinajstić information content (AvgIpc) is 2.64. The zero-order valence-electron chi connectivity index (χ0n) is 10.4. The van der Waals surface area contributed by atoms with Gasteiger partial charge in [-0.05, 0) is 17.7 Å². The maximum absolute atomic E-state index is 12.2. The van der Waals surface area contributed by atoms with Gasteiger partial charge in [0, 0.05) is 19.5 Å². The van der Waals surface area contributed by atoms with E-state index in [1.807, 2.05) is 18.2 Å². The van der Waals surface area contributed by atoms with Crippen molar-refractivity contribution in [2.75, 3.05) is 14.2 Å². The molecule has 18 heavy (non-hydrogen) atoms. The molecule has 2 aromatic rings. The zero-order chi connectivity index (χ0) is 13.1. The predicted octanol–water partition coefficient (Wildman–Crippen LogP) is 1.91. The lowest BCUT2D eigenvalue weighted by Gasteiger charge is -2.02. The molecule has 0 N–H and O–H groups in total. The van der Waals surface area contributed by atoms with E-state index in [1.54, 1.807) is 23.4 Å². The number of hydrogen-bond acceptors (Lipinski definition) is 3. The van der Waals surface area contributed by atoms with Crippen LogP contribution in [0.25, 0.3) is 11.0 Å². The molecule has 1 aromatic carbocycles. The molecule has 0 unspecified atom stereocenters. The van der Waals surface area contributed by atoms with Gasteiger partial charge in [0.1, 0.15) is 13.5 Å². The van der Waals surface area contributed by atoms with Crippen molar-refractivity contribution in [3.05, 3.63) is 34.2 Å². The Morgan fingerprint density at radius 1 is 1.11 bits per heavy atom. The molecule has 0 saturated heterocycles. The van der Waals surface area contributed by atoms with Gasteiger partial charge in [-0.3, -0.25) is 9.13 Å². The van der Waals surface area contributed by atoms with Crippen molar-refractivity contribution in [1.82, 2.24) is 9.13 Å². The number of rotatable bonds is 5. The van der Waals surface area contributed by atoms with Gasteiger partial charge >= 0.3 is 5.69 Å². The van der Waals surface area contributed by atoms with Crippen LogP contribution >= 0.6 is 15.9 Å². The second-order valence-corrected chi connectivity index (χ2v) is 4.49. The van der Waals surface area contributed by atoms with Crippen LogP contribution in [0.3, 0.4) is 0 Å². The minimum atomic E-state index is -0.125. The molecule has 0 amide bonds. The van der Waals surface area contributed by atoms with Gasteiger partial charge in [0.15, 0.2) is 0 Å². The van der Waals surface area contributed by atoms with Crippen molar-refractivity contribution in [2.24, 2.45) is 0 Å². The third-order valence-electron chi connectivity index (χ3n) is 2.75. The lowest BCUT2D eigenvalue weighted by atomic mass is 10.2. The fourth-order valence-electron chi connectivity index (χ4n) is 1.96. The maximum atomic E-state index is 12.2. The molecule has 0 saturated carbocycles. The van der Waals surface area contributed by atoms with Gasteiger partial charge in [-0.1, -0.05) is 22.0 Å². The SMILES string of the molecule is COCn1c(=O)n(COC)c2cc(CBr)ccc21. The number of ether oxygens (including phenoxy) is 2. The number of alkyl halides is 1. The summed E-state index contributed by atoms with van der Waals surface area (Å²) in [5, 5.41) is 0.750. The molecule has 1 aromatic heterocycles. The molecule has 0 fully saturated rings. The molecule has 5 nitrogen and oxygen atoms in total. The number of halogens is 1. The molecule has 0 aliphatic rings. The molecule has 0 radical (unpaired) electrons. The average molecular weight is 315 g/mol. The summed E-state index contributed by atoms with van der Waals surface area (Å²) in [5.74, 6) is 0. The van der Waals surface area contributed by atoms with Gasteiger partial charge in [0.2, 0.25) is 0 Å². The van der Waals surface area contributed by atoms with Gasteiger partial charge in [-0.2, -0.15) is 0 Å². The number of imidazole rings is 1. The highest BCUT2D eigenvalue weighted by atomic mass is 79.9. The zero-order valence-corrected chi connectivity index (χ0v) is 11.9. The Bertz CT molecular complexity index is 603. The van der Waals surface area contributed by atoms with Crippen molar-refractivity contribution in [3.63, 3.8) is 0 Å². The molecule has 0 aliphatic carbocycles. The molecule has 0 spiro atoms. The lowest BCUT2D eigenvalue weighted by Crippen LogP contribution is -2.25. The fraction of sp³-hybridized carbons (Fsp3) is 0.417. The smallest absolute Gasteiger partial charge is 0.332 e. The summed E-state index contributed by atoms with van der Waals surface area (Å²) in [5.41, 5.74) is 2.70. The number of benzene rings is 1. The third-order valence-corrected chi connectivity index (χ3v) is 3.40. The summed E-state index contributed by atoms with van der Waals surface area (Å²) in [7, 11) is 3.14. The van der Waals surface area contributed by atoms with Crippen molar-refractivity contribution in [3.8, 4) is 0 Å². The molecule has 98 valence electrons. The van der Waals surface area contributed by atoms with Gasteiger partial charge in [0.25, 0.3) is 0 Å². The Kier molecular flexibility index (Phi) is 4.21. The van der Waals surface area contributed by atoms with Crippen molar-refractivity contribution >= 4 is 27.0 Å². The lowest BCUT2D eigenvalue weighted by molar-refractivity contribution is 0.117. The van der Waals surface area contributed by atoms with E-state index in [9.17, 15) is 4.79 Å². The normalized spacial score (nSPS) is 11.3. The van der Waals surface area contributed by atoms with Crippen LogP contribution in [0.5, 0.6) is 0 Å². The van der Waals surface area contributed by atoms with Crippen LogP contribution in [0, 0.1) is 0 Å². The van der Waals surface area contributed by atoms with E-state index < -0.39 is 0 Å². The fourth-order valence-corrected chi connectivity index (χ4v) is 2.30. The molecule has 6 heteroatoms. The minimum absolute atomic E-state index is 0.125. The highest BCUT2D eigenvalue weighted by molar-refractivity contribution is 9.08. The Hall–Kier alpha value is -1.11. The monoisotopic (exact) mass is 314 g/mol. The Morgan fingerprint density at radius 2 is 1.72 bits per heavy atom. The van der Waals surface area contributed by atoms with Crippen LogP contribution in [0.15, 0.2) is 23.0 Å². The van der Waals surface area contributed by atoms with E-state index in [-0.39, 0.29) is 19.2 Å². The first kappa shape index (κ1) is 13.3. The van der Waals surface area contributed by atoms with Crippen LogP contribution in [0.2, 0.25) is 0 Å². The molecule has 2 rings (SSSR count). The summed E-state index contributed by atoms with van der Waals surface area (Å²) < 4.78 is 13.3. The predicted molar refractivity (Wildman–Crippen MR) is 72.8 cm³/mol.